The van der Waals surface area contributed by atoms with Gasteiger partial charge in [0.15, 0.2) is 0 Å². The molecule has 0 atom stereocenters. The Morgan fingerprint density at radius 3 is 2.26 bits per heavy atom. The summed E-state index contributed by atoms with van der Waals surface area (Å²) in [4.78, 5) is 23.6. The number of rotatable bonds is 5. The first-order valence-electron chi connectivity index (χ1n) is 6.40. The van der Waals surface area contributed by atoms with E-state index in [1.165, 1.54) is 12.7 Å². The molecule has 0 bridgehead atoms. The Morgan fingerprint density at radius 2 is 1.79 bits per heavy atom. The van der Waals surface area contributed by atoms with E-state index in [-0.39, 0.29) is 5.91 Å². The minimum atomic E-state index is -1.20. The Labute approximate surface area is 114 Å². The van der Waals surface area contributed by atoms with Crippen molar-refractivity contribution in [1.82, 2.24) is 0 Å². The van der Waals surface area contributed by atoms with Crippen LogP contribution in [-0.4, -0.2) is 19.0 Å². The van der Waals surface area contributed by atoms with Crippen LogP contribution in [0, 0.1) is 5.41 Å². The number of carbonyl (C=O) groups is 2. The first-order valence-corrected chi connectivity index (χ1v) is 6.40. The van der Waals surface area contributed by atoms with Gasteiger partial charge in [-0.05, 0) is 38.0 Å². The van der Waals surface area contributed by atoms with Crippen molar-refractivity contribution < 1.29 is 14.3 Å². The second-order valence-electron chi connectivity index (χ2n) is 5.02. The van der Waals surface area contributed by atoms with E-state index >= 15 is 0 Å². The quantitative estimate of drug-likeness (QED) is 0.656. The Kier molecular flexibility index (Phi) is 5.10. The first-order chi connectivity index (χ1) is 8.91. The summed E-state index contributed by atoms with van der Waals surface area (Å²) in [6.07, 6.45) is 2.10. The third-order valence-electron chi connectivity index (χ3n) is 3.01. The number of hydrogen-bond donors (Lipinski definition) is 1. The minimum absolute atomic E-state index is 0.373. The van der Waals surface area contributed by atoms with Crippen LogP contribution in [0.1, 0.15) is 32.8 Å². The smallest absolute Gasteiger partial charge is 0.320 e. The topological polar surface area (TPSA) is 55.4 Å². The zero-order valence-corrected chi connectivity index (χ0v) is 11.9. The molecular weight excluding hydrogens is 242 g/mol. The molecule has 1 amide bonds. The van der Waals surface area contributed by atoms with Crippen LogP contribution in [0.25, 0.3) is 0 Å². The van der Waals surface area contributed by atoms with Gasteiger partial charge in [0.1, 0.15) is 5.41 Å². The van der Waals surface area contributed by atoms with Crippen LogP contribution >= 0.6 is 0 Å². The van der Waals surface area contributed by atoms with Crippen LogP contribution in [0.3, 0.4) is 0 Å². The molecule has 19 heavy (non-hydrogen) atoms. The third kappa shape index (κ3) is 3.81. The van der Waals surface area contributed by atoms with Crippen molar-refractivity contribution in [1.29, 1.82) is 0 Å². The number of ether oxygens (including phenoxy) is 1. The molecule has 1 aromatic carbocycles. The Bertz CT molecular complexity index is 449. The molecule has 104 valence electrons. The maximum Gasteiger partial charge on any atom is 0.320 e. The van der Waals surface area contributed by atoms with E-state index in [0.717, 1.165) is 12.8 Å². The normalized spacial score (nSPS) is 10.9. The van der Waals surface area contributed by atoms with Gasteiger partial charge in [-0.1, -0.05) is 25.5 Å². The zero-order chi connectivity index (χ0) is 14.5. The molecule has 0 aliphatic heterocycles. The molecule has 0 heterocycles. The molecule has 4 heteroatoms. The number of hydrogen-bond acceptors (Lipinski definition) is 3. The van der Waals surface area contributed by atoms with Gasteiger partial charge in [-0.3, -0.25) is 9.59 Å². The highest BCUT2D eigenvalue weighted by atomic mass is 16.5. The minimum Gasteiger partial charge on any atom is -0.468 e. The van der Waals surface area contributed by atoms with E-state index in [1.807, 2.05) is 24.3 Å². The number of anilines is 1. The Balaban J connectivity index is 2.74. The second-order valence-corrected chi connectivity index (χ2v) is 5.02. The SMILES string of the molecule is CCCc1ccc(NC(=O)C(C)(C)C(=O)OC)cc1. The Hall–Kier alpha value is -1.84. The number of carbonyl (C=O) groups excluding carboxylic acids is 2. The van der Waals surface area contributed by atoms with Gasteiger partial charge in [0, 0.05) is 5.69 Å². The number of benzene rings is 1. The molecule has 0 saturated carbocycles. The van der Waals surface area contributed by atoms with E-state index < -0.39 is 11.4 Å². The molecule has 0 radical (unpaired) electrons. The molecule has 0 fully saturated rings. The number of esters is 1. The fraction of sp³-hybridized carbons (Fsp3) is 0.467. The molecule has 0 aromatic heterocycles. The molecule has 1 aromatic rings. The average Bonchev–Trinajstić information content (AvgIpc) is 2.40. The van der Waals surface area contributed by atoms with Gasteiger partial charge in [0.2, 0.25) is 5.91 Å². The van der Waals surface area contributed by atoms with Gasteiger partial charge in [0.25, 0.3) is 0 Å². The number of nitrogens with one attached hydrogen (secondary N) is 1. The predicted octanol–water partition coefficient (Wildman–Crippen LogP) is 2.78. The van der Waals surface area contributed by atoms with E-state index in [4.69, 9.17) is 0 Å². The molecule has 0 unspecified atom stereocenters. The fourth-order valence-corrected chi connectivity index (χ4v) is 1.68. The summed E-state index contributed by atoms with van der Waals surface area (Å²) in [5, 5.41) is 2.73. The highest BCUT2D eigenvalue weighted by Crippen LogP contribution is 2.20. The molecule has 1 rings (SSSR count). The highest BCUT2D eigenvalue weighted by molar-refractivity contribution is 6.08. The largest absolute Gasteiger partial charge is 0.468 e. The lowest BCUT2D eigenvalue weighted by atomic mass is 9.92. The van der Waals surface area contributed by atoms with Gasteiger partial charge in [-0.2, -0.15) is 0 Å². The van der Waals surface area contributed by atoms with E-state index in [2.05, 4.69) is 17.0 Å². The zero-order valence-electron chi connectivity index (χ0n) is 11.9. The first kappa shape index (κ1) is 15.2. The van der Waals surface area contributed by atoms with Gasteiger partial charge in [-0.25, -0.2) is 0 Å². The summed E-state index contributed by atoms with van der Waals surface area (Å²) in [6.45, 7) is 5.20. The van der Waals surface area contributed by atoms with E-state index in [1.54, 1.807) is 13.8 Å². The fourth-order valence-electron chi connectivity index (χ4n) is 1.68. The summed E-state index contributed by atoms with van der Waals surface area (Å²) in [6, 6.07) is 7.64. The summed E-state index contributed by atoms with van der Waals surface area (Å²) in [7, 11) is 1.27. The van der Waals surface area contributed by atoms with Gasteiger partial charge < -0.3 is 10.1 Å². The van der Waals surface area contributed by atoms with Crippen molar-refractivity contribution in [3.63, 3.8) is 0 Å². The van der Waals surface area contributed by atoms with Crippen LogP contribution in [0.15, 0.2) is 24.3 Å². The van der Waals surface area contributed by atoms with Gasteiger partial charge in [-0.15, -0.1) is 0 Å². The lowest BCUT2D eigenvalue weighted by molar-refractivity contribution is -0.154. The summed E-state index contributed by atoms with van der Waals surface area (Å²) in [5.74, 6) is -0.921. The average molecular weight is 263 g/mol. The van der Waals surface area contributed by atoms with E-state index in [0.29, 0.717) is 5.69 Å². The monoisotopic (exact) mass is 263 g/mol. The number of aryl methyl sites for hydroxylation is 1. The Morgan fingerprint density at radius 1 is 1.21 bits per heavy atom. The van der Waals surface area contributed by atoms with Crippen molar-refractivity contribution in [3.8, 4) is 0 Å². The molecular formula is C15H21NO3. The lowest BCUT2D eigenvalue weighted by Gasteiger charge is -2.20. The van der Waals surface area contributed by atoms with Crippen LogP contribution in [-0.2, 0) is 20.7 Å². The van der Waals surface area contributed by atoms with Crippen molar-refractivity contribution in [2.45, 2.75) is 33.6 Å². The maximum absolute atomic E-state index is 12.0. The summed E-state index contributed by atoms with van der Waals surface area (Å²) >= 11 is 0. The van der Waals surface area contributed by atoms with Crippen molar-refractivity contribution >= 4 is 17.6 Å². The standard InChI is InChI=1S/C15H21NO3/c1-5-6-11-7-9-12(10-8-11)16-13(17)15(2,3)14(18)19-4/h7-10H,5-6H2,1-4H3,(H,16,17). The van der Waals surface area contributed by atoms with Gasteiger partial charge in [0.05, 0.1) is 7.11 Å². The predicted molar refractivity (Wildman–Crippen MR) is 74.9 cm³/mol. The van der Waals surface area contributed by atoms with Crippen molar-refractivity contribution in [2.75, 3.05) is 12.4 Å². The van der Waals surface area contributed by atoms with Crippen molar-refractivity contribution in [3.05, 3.63) is 29.8 Å². The molecule has 0 spiro atoms. The van der Waals surface area contributed by atoms with Crippen molar-refractivity contribution in [2.24, 2.45) is 5.41 Å². The van der Waals surface area contributed by atoms with Crippen LogP contribution in [0.2, 0.25) is 0 Å². The van der Waals surface area contributed by atoms with Crippen LogP contribution < -0.4 is 5.32 Å². The molecule has 0 aliphatic carbocycles. The van der Waals surface area contributed by atoms with E-state index in [9.17, 15) is 9.59 Å². The molecule has 0 aliphatic rings. The number of amides is 1. The molecule has 1 N–H and O–H groups in total. The third-order valence-corrected chi connectivity index (χ3v) is 3.01. The summed E-state index contributed by atoms with van der Waals surface area (Å²) < 4.78 is 4.63. The molecule has 0 saturated heterocycles. The second kappa shape index (κ2) is 6.36. The summed E-state index contributed by atoms with van der Waals surface area (Å²) in [5.41, 5.74) is 0.714. The van der Waals surface area contributed by atoms with Crippen LogP contribution in [0.4, 0.5) is 5.69 Å². The molecule has 4 nitrogen and oxygen atoms in total. The lowest BCUT2D eigenvalue weighted by Crippen LogP contribution is -2.38. The highest BCUT2D eigenvalue weighted by Gasteiger charge is 2.37. The maximum atomic E-state index is 12.0. The number of methoxy groups -OCH3 is 1. The van der Waals surface area contributed by atoms with Crippen LogP contribution in [0.5, 0.6) is 0 Å². The van der Waals surface area contributed by atoms with Gasteiger partial charge >= 0.3 is 5.97 Å².